The molecular weight excluding hydrogens is 282 g/mol. The zero-order valence-electron chi connectivity index (χ0n) is 9.74. The molecule has 0 spiro atoms. The second kappa shape index (κ2) is 5.06. The molecule has 0 aliphatic carbocycles. The number of anilines is 2. The first-order valence-electron chi connectivity index (χ1n) is 5.64. The minimum absolute atomic E-state index is 0.0276. The summed E-state index contributed by atoms with van der Waals surface area (Å²) in [5, 5.41) is 2.88. The van der Waals surface area contributed by atoms with E-state index >= 15 is 0 Å². The van der Waals surface area contributed by atoms with Crippen molar-refractivity contribution in [2.24, 2.45) is 11.7 Å². The first-order chi connectivity index (χ1) is 8.10. The summed E-state index contributed by atoms with van der Waals surface area (Å²) >= 11 is 3.40. The van der Waals surface area contributed by atoms with Crippen LogP contribution in [-0.4, -0.2) is 25.5 Å². The molecule has 0 aromatic heterocycles. The molecule has 3 N–H and O–H groups in total. The Morgan fingerprint density at radius 3 is 3.06 bits per heavy atom. The van der Waals surface area contributed by atoms with Crippen molar-refractivity contribution in [2.75, 3.05) is 29.9 Å². The molecular formula is C12H16BrN3O. The maximum absolute atomic E-state index is 11.6. The number of halogens is 1. The SMILES string of the molecule is CC(CN)CN1CC(=O)Nc2cc(Br)ccc21. The van der Waals surface area contributed by atoms with Crippen molar-refractivity contribution < 1.29 is 4.79 Å². The molecule has 17 heavy (non-hydrogen) atoms. The summed E-state index contributed by atoms with van der Waals surface area (Å²) in [6.45, 7) is 3.92. The molecule has 0 saturated carbocycles. The van der Waals surface area contributed by atoms with Gasteiger partial charge in [-0.3, -0.25) is 4.79 Å². The summed E-state index contributed by atoms with van der Waals surface area (Å²) in [7, 11) is 0. The molecule has 0 fully saturated rings. The first kappa shape index (κ1) is 12.4. The van der Waals surface area contributed by atoms with Gasteiger partial charge in [0.25, 0.3) is 0 Å². The van der Waals surface area contributed by atoms with Crippen molar-refractivity contribution in [2.45, 2.75) is 6.92 Å². The number of nitrogens with two attached hydrogens (primary N) is 1. The Morgan fingerprint density at radius 2 is 2.35 bits per heavy atom. The molecule has 2 rings (SSSR count). The molecule has 0 bridgehead atoms. The molecule has 0 radical (unpaired) electrons. The molecule has 1 atom stereocenters. The van der Waals surface area contributed by atoms with Gasteiger partial charge in [0.15, 0.2) is 0 Å². The zero-order valence-corrected chi connectivity index (χ0v) is 11.3. The van der Waals surface area contributed by atoms with Crippen LogP contribution in [0.25, 0.3) is 0 Å². The molecule has 1 heterocycles. The highest BCUT2D eigenvalue weighted by Crippen LogP contribution is 2.32. The van der Waals surface area contributed by atoms with Crippen molar-refractivity contribution in [3.05, 3.63) is 22.7 Å². The fourth-order valence-corrected chi connectivity index (χ4v) is 2.31. The summed E-state index contributed by atoms with van der Waals surface area (Å²) < 4.78 is 0.963. The number of fused-ring (bicyclic) bond motifs is 1. The Kier molecular flexibility index (Phi) is 3.69. The zero-order chi connectivity index (χ0) is 12.4. The lowest BCUT2D eigenvalue weighted by Gasteiger charge is -2.32. The van der Waals surface area contributed by atoms with E-state index in [1.54, 1.807) is 0 Å². The highest BCUT2D eigenvalue weighted by Gasteiger charge is 2.22. The highest BCUT2D eigenvalue weighted by molar-refractivity contribution is 9.10. The van der Waals surface area contributed by atoms with Gasteiger partial charge in [0.05, 0.1) is 17.9 Å². The lowest BCUT2D eigenvalue weighted by Crippen LogP contribution is -2.41. The molecule has 1 amide bonds. The van der Waals surface area contributed by atoms with E-state index in [1.807, 2.05) is 18.2 Å². The lowest BCUT2D eigenvalue weighted by molar-refractivity contribution is -0.115. The number of hydrogen-bond donors (Lipinski definition) is 2. The lowest BCUT2D eigenvalue weighted by atomic mass is 10.1. The molecule has 5 heteroatoms. The van der Waals surface area contributed by atoms with Gasteiger partial charge >= 0.3 is 0 Å². The average Bonchev–Trinajstić information content (AvgIpc) is 2.27. The van der Waals surface area contributed by atoms with Crippen molar-refractivity contribution in [1.82, 2.24) is 0 Å². The van der Waals surface area contributed by atoms with Gasteiger partial charge in [0.2, 0.25) is 5.91 Å². The molecule has 1 aliphatic rings. The van der Waals surface area contributed by atoms with Crippen molar-refractivity contribution in [3.63, 3.8) is 0 Å². The Hall–Kier alpha value is -1.07. The van der Waals surface area contributed by atoms with Crippen LogP contribution < -0.4 is 16.0 Å². The third-order valence-corrected chi connectivity index (χ3v) is 3.34. The molecule has 1 aromatic rings. The average molecular weight is 298 g/mol. The predicted molar refractivity (Wildman–Crippen MR) is 73.2 cm³/mol. The van der Waals surface area contributed by atoms with Crippen molar-refractivity contribution in [3.8, 4) is 0 Å². The van der Waals surface area contributed by atoms with E-state index in [4.69, 9.17) is 5.73 Å². The summed E-state index contributed by atoms with van der Waals surface area (Å²) in [5.41, 5.74) is 7.56. The number of rotatable bonds is 3. The van der Waals surface area contributed by atoms with Crippen molar-refractivity contribution >= 4 is 33.2 Å². The van der Waals surface area contributed by atoms with Gasteiger partial charge in [-0.15, -0.1) is 0 Å². The minimum Gasteiger partial charge on any atom is -0.360 e. The molecule has 0 saturated heterocycles. The van der Waals surface area contributed by atoms with Crippen molar-refractivity contribution in [1.29, 1.82) is 0 Å². The second-order valence-electron chi connectivity index (χ2n) is 4.43. The van der Waals surface area contributed by atoms with Gasteiger partial charge < -0.3 is 16.0 Å². The van der Waals surface area contributed by atoms with E-state index in [9.17, 15) is 4.79 Å². The summed E-state index contributed by atoms with van der Waals surface area (Å²) in [6, 6.07) is 5.92. The fourth-order valence-electron chi connectivity index (χ4n) is 1.95. The molecule has 1 aromatic carbocycles. The number of nitrogens with zero attached hydrogens (tertiary/aromatic N) is 1. The molecule has 1 unspecified atom stereocenters. The maximum atomic E-state index is 11.6. The largest absolute Gasteiger partial charge is 0.360 e. The smallest absolute Gasteiger partial charge is 0.243 e. The molecule has 1 aliphatic heterocycles. The van der Waals surface area contributed by atoms with Crippen LogP contribution in [0.1, 0.15) is 6.92 Å². The van der Waals surface area contributed by atoms with E-state index in [0.29, 0.717) is 19.0 Å². The van der Waals surface area contributed by atoms with E-state index in [-0.39, 0.29) is 5.91 Å². The van der Waals surface area contributed by atoms with Gasteiger partial charge in [-0.05, 0) is 30.7 Å². The van der Waals surface area contributed by atoms with Crippen LogP contribution in [0.4, 0.5) is 11.4 Å². The van der Waals surface area contributed by atoms with Gasteiger partial charge in [-0.2, -0.15) is 0 Å². The van der Waals surface area contributed by atoms with E-state index in [0.717, 1.165) is 22.4 Å². The van der Waals surface area contributed by atoms with E-state index in [2.05, 4.69) is 33.1 Å². The Morgan fingerprint density at radius 1 is 1.59 bits per heavy atom. The highest BCUT2D eigenvalue weighted by atomic mass is 79.9. The standard InChI is InChI=1S/C12H16BrN3O/c1-8(5-14)6-16-7-12(17)15-10-4-9(13)2-3-11(10)16/h2-4,8H,5-7,14H2,1H3,(H,15,17). The quantitative estimate of drug-likeness (QED) is 0.894. The Labute approximate surface area is 109 Å². The van der Waals surface area contributed by atoms with Crippen LogP contribution in [0.3, 0.4) is 0 Å². The number of benzene rings is 1. The number of carbonyl (C=O) groups is 1. The second-order valence-corrected chi connectivity index (χ2v) is 5.35. The maximum Gasteiger partial charge on any atom is 0.243 e. The topological polar surface area (TPSA) is 58.4 Å². The number of hydrogen-bond acceptors (Lipinski definition) is 3. The first-order valence-corrected chi connectivity index (χ1v) is 6.44. The van der Waals surface area contributed by atoms with Crippen LogP contribution in [0.15, 0.2) is 22.7 Å². The van der Waals surface area contributed by atoms with E-state index < -0.39 is 0 Å². The van der Waals surface area contributed by atoms with Gasteiger partial charge in [0, 0.05) is 11.0 Å². The van der Waals surface area contributed by atoms with Gasteiger partial charge in [0.1, 0.15) is 0 Å². The van der Waals surface area contributed by atoms with E-state index in [1.165, 1.54) is 0 Å². The molecule has 4 nitrogen and oxygen atoms in total. The Balaban J connectivity index is 2.28. The van der Waals surface area contributed by atoms with Gasteiger partial charge in [-0.1, -0.05) is 22.9 Å². The summed E-state index contributed by atoms with van der Waals surface area (Å²) in [5.74, 6) is 0.400. The van der Waals surface area contributed by atoms with Crippen LogP contribution in [0.2, 0.25) is 0 Å². The van der Waals surface area contributed by atoms with Gasteiger partial charge in [-0.25, -0.2) is 0 Å². The van der Waals surface area contributed by atoms with Crippen LogP contribution in [0.5, 0.6) is 0 Å². The summed E-state index contributed by atoms with van der Waals surface area (Å²) in [4.78, 5) is 13.7. The molecule has 92 valence electrons. The number of carbonyl (C=O) groups excluding carboxylic acids is 1. The predicted octanol–water partition coefficient (Wildman–Crippen LogP) is 1.80. The third-order valence-electron chi connectivity index (χ3n) is 2.84. The minimum atomic E-state index is 0.0276. The van der Waals surface area contributed by atoms with Crippen LogP contribution in [0, 0.1) is 5.92 Å². The van der Waals surface area contributed by atoms with Crippen LogP contribution in [-0.2, 0) is 4.79 Å². The summed E-state index contributed by atoms with van der Waals surface area (Å²) in [6.07, 6.45) is 0. The van der Waals surface area contributed by atoms with Crippen LogP contribution >= 0.6 is 15.9 Å². The Bertz CT molecular complexity index is 436. The fraction of sp³-hybridized carbons (Fsp3) is 0.417. The monoisotopic (exact) mass is 297 g/mol. The number of nitrogens with one attached hydrogen (secondary N) is 1. The third kappa shape index (κ3) is 2.79. The normalized spacial score (nSPS) is 16.4. The number of amides is 1.